The topological polar surface area (TPSA) is 79.2 Å². The van der Waals surface area contributed by atoms with Crippen LogP contribution in [0.1, 0.15) is 24.0 Å². The van der Waals surface area contributed by atoms with Gasteiger partial charge in [-0.25, -0.2) is 0 Å². The van der Waals surface area contributed by atoms with Crippen molar-refractivity contribution in [2.24, 2.45) is 0 Å². The van der Waals surface area contributed by atoms with Crippen molar-refractivity contribution in [3.05, 3.63) is 53.6 Å². The van der Waals surface area contributed by atoms with Crippen LogP contribution in [0.25, 0.3) is 0 Å². The van der Waals surface area contributed by atoms with Crippen LogP contribution in [0.5, 0.6) is 17.2 Å². The van der Waals surface area contributed by atoms with Crippen molar-refractivity contribution in [1.82, 2.24) is 0 Å². The molecule has 3 N–H and O–H groups in total. The predicted octanol–water partition coefficient (Wildman–Crippen LogP) is 2.76. The van der Waals surface area contributed by atoms with Crippen molar-refractivity contribution in [1.29, 1.82) is 0 Å². The molecule has 3 rings (SSSR count). The molecule has 2 aromatic carbocycles. The molecule has 1 fully saturated rings. The SMILES string of the molecule is Oc1ccc(CCc2cc(O)cc(OC3C[C@@H](O)CCO3)c2)cc1. The lowest BCUT2D eigenvalue weighted by molar-refractivity contribution is -0.137. The Morgan fingerprint density at radius 3 is 2.46 bits per heavy atom. The highest BCUT2D eigenvalue weighted by Crippen LogP contribution is 2.26. The highest BCUT2D eigenvalue weighted by molar-refractivity contribution is 5.38. The van der Waals surface area contributed by atoms with Crippen molar-refractivity contribution in [3.8, 4) is 17.2 Å². The van der Waals surface area contributed by atoms with Crippen LogP contribution in [-0.2, 0) is 17.6 Å². The quantitative estimate of drug-likeness (QED) is 0.785. The molecule has 0 spiro atoms. The van der Waals surface area contributed by atoms with Crippen molar-refractivity contribution in [2.75, 3.05) is 6.61 Å². The maximum atomic E-state index is 9.91. The summed E-state index contributed by atoms with van der Waals surface area (Å²) in [5, 5.41) is 28.9. The number of hydrogen-bond donors (Lipinski definition) is 3. The Kier molecular flexibility index (Phi) is 5.23. The zero-order chi connectivity index (χ0) is 16.9. The Morgan fingerprint density at radius 1 is 0.958 bits per heavy atom. The molecule has 1 aliphatic heterocycles. The lowest BCUT2D eigenvalue weighted by atomic mass is 10.0. The van der Waals surface area contributed by atoms with Gasteiger partial charge in [0.15, 0.2) is 0 Å². The number of aliphatic hydroxyl groups excluding tert-OH is 1. The van der Waals surface area contributed by atoms with E-state index in [1.165, 1.54) is 0 Å². The molecule has 128 valence electrons. The van der Waals surface area contributed by atoms with E-state index >= 15 is 0 Å². The van der Waals surface area contributed by atoms with Crippen LogP contribution >= 0.6 is 0 Å². The van der Waals surface area contributed by atoms with Crippen LogP contribution in [0.4, 0.5) is 0 Å². The number of hydrogen-bond acceptors (Lipinski definition) is 5. The first-order chi connectivity index (χ1) is 11.6. The minimum absolute atomic E-state index is 0.143. The van der Waals surface area contributed by atoms with Crippen LogP contribution in [0, 0.1) is 0 Å². The Morgan fingerprint density at radius 2 is 1.71 bits per heavy atom. The van der Waals surface area contributed by atoms with Gasteiger partial charge in [0.2, 0.25) is 6.29 Å². The molecule has 5 nitrogen and oxygen atoms in total. The lowest BCUT2D eigenvalue weighted by Crippen LogP contribution is -2.32. The second-order valence-corrected chi connectivity index (χ2v) is 6.10. The summed E-state index contributed by atoms with van der Waals surface area (Å²) in [6.07, 6.45) is 1.69. The lowest BCUT2D eigenvalue weighted by Gasteiger charge is -2.27. The highest BCUT2D eigenvalue weighted by Gasteiger charge is 2.22. The normalized spacial score (nSPS) is 20.7. The summed E-state index contributed by atoms with van der Waals surface area (Å²) in [7, 11) is 0. The average Bonchev–Trinajstić information content (AvgIpc) is 2.54. The second-order valence-electron chi connectivity index (χ2n) is 6.10. The van der Waals surface area contributed by atoms with E-state index in [4.69, 9.17) is 9.47 Å². The molecule has 1 aliphatic rings. The van der Waals surface area contributed by atoms with Gasteiger partial charge in [0, 0.05) is 12.5 Å². The van der Waals surface area contributed by atoms with Crippen molar-refractivity contribution < 1.29 is 24.8 Å². The number of rotatable bonds is 5. The molecule has 1 unspecified atom stereocenters. The third kappa shape index (κ3) is 4.63. The number of aromatic hydroxyl groups is 2. The monoisotopic (exact) mass is 330 g/mol. The third-order valence-corrected chi connectivity index (χ3v) is 4.08. The fourth-order valence-electron chi connectivity index (χ4n) is 2.78. The van der Waals surface area contributed by atoms with E-state index in [0.717, 1.165) is 24.0 Å². The summed E-state index contributed by atoms with van der Waals surface area (Å²) in [4.78, 5) is 0. The molecule has 2 atom stereocenters. The molecule has 1 saturated heterocycles. The van der Waals surface area contributed by atoms with E-state index in [0.29, 0.717) is 25.2 Å². The number of aryl methyl sites for hydroxylation is 2. The minimum atomic E-state index is -0.486. The van der Waals surface area contributed by atoms with E-state index in [1.807, 2.05) is 18.2 Å². The van der Waals surface area contributed by atoms with E-state index in [9.17, 15) is 15.3 Å². The van der Waals surface area contributed by atoms with Gasteiger partial charge in [-0.2, -0.15) is 0 Å². The van der Waals surface area contributed by atoms with Gasteiger partial charge in [0.05, 0.1) is 12.7 Å². The third-order valence-electron chi connectivity index (χ3n) is 4.08. The van der Waals surface area contributed by atoms with Gasteiger partial charge in [-0.05, 0) is 54.7 Å². The molecule has 0 saturated carbocycles. The standard InChI is InChI=1S/C19H22O5/c20-15-5-3-13(4-6-15)1-2-14-9-17(22)11-18(10-14)24-19-12-16(21)7-8-23-19/h3-6,9-11,16,19-22H,1-2,7-8,12H2/t16-,19?/m0/s1. The molecule has 2 aromatic rings. The van der Waals surface area contributed by atoms with Crippen molar-refractivity contribution >= 4 is 0 Å². The number of phenolic OH excluding ortho intramolecular Hbond substituents is 2. The zero-order valence-corrected chi connectivity index (χ0v) is 13.4. The maximum absolute atomic E-state index is 9.91. The average molecular weight is 330 g/mol. The summed E-state index contributed by atoms with van der Waals surface area (Å²) < 4.78 is 11.2. The van der Waals surface area contributed by atoms with Crippen LogP contribution in [0.3, 0.4) is 0 Å². The number of aliphatic hydroxyl groups is 1. The molecule has 1 heterocycles. The molecule has 5 heteroatoms. The Bertz CT molecular complexity index is 668. The molecular formula is C19H22O5. The van der Waals surface area contributed by atoms with Crippen LogP contribution in [0.15, 0.2) is 42.5 Å². The first kappa shape index (κ1) is 16.6. The smallest absolute Gasteiger partial charge is 0.202 e. The first-order valence-electron chi connectivity index (χ1n) is 8.15. The van der Waals surface area contributed by atoms with Crippen LogP contribution < -0.4 is 4.74 Å². The van der Waals surface area contributed by atoms with Gasteiger partial charge in [-0.15, -0.1) is 0 Å². The number of ether oxygens (including phenoxy) is 2. The fourth-order valence-corrected chi connectivity index (χ4v) is 2.78. The molecule has 0 aliphatic carbocycles. The van der Waals surface area contributed by atoms with E-state index in [1.54, 1.807) is 24.3 Å². The second kappa shape index (κ2) is 7.55. The van der Waals surface area contributed by atoms with Gasteiger partial charge < -0.3 is 24.8 Å². The van der Waals surface area contributed by atoms with E-state index in [-0.39, 0.29) is 11.5 Å². The van der Waals surface area contributed by atoms with Crippen LogP contribution in [0.2, 0.25) is 0 Å². The molecular weight excluding hydrogens is 308 g/mol. The predicted molar refractivity (Wildman–Crippen MR) is 89.2 cm³/mol. The maximum Gasteiger partial charge on any atom is 0.202 e. The first-order valence-corrected chi connectivity index (χ1v) is 8.15. The molecule has 24 heavy (non-hydrogen) atoms. The number of phenols is 2. The summed E-state index contributed by atoms with van der Waals surface area (Å²) in [5.41, 5.74) is 2.06. The zero-order valence-electron chi connectivity index (χ0n) is 13.4. The number of benzene rings is 2. The highest BCUT2D eigenvalue weighted by atomic mass is 16.7. The van der Waals surface area contributed by atoms with Gasteiger partial charge in [-0.3, -0.25) is 0 Å². The fraction of sp³-hybridized carbons (Fsp3) is 0.368. The Balaban J connectivity index is 1.63. The molecule has 0 radical (unpaired) electrons. The van der Waals surface area contributed by atoms with Crippen LogP contribution in [-0.4, -0.2) is 34.3 Å². The Hall–Kier alpha value is -2.24. The minimum Gasteiger partial charge on any atom is -0.508 e. The molecule has 0 bridgehead atoms. The molecule has 0 amide bonds. The van der Waals surface area contributed by atoms with Gasteiger partial charge >= 0.3 is 0 Å². The van der Waals surface area contributed by atoms with Gasteiger partial charge in [0.1, 0.15) is 17.2 Å². The van der Waals surface area contributed by atoms with E-state index in [2.05, 4.69) is 0 Å². The molecule has 0 aromatic heterocycles. The summed E-state index contributed by atoms with van der Waals surface area (Å²) >= 11 is 0. The Labute approximate surface area is 141 Å². The van der Waals surface area contributed by atoms with Crippen molar-refractivity contribution in [2.45, 2.75) is 38.1 Å². The van der Waals surface area contributed by atoms with Gasteiger partial charge in [0.25, 0.3) is 0 Å². The van der Waals surface area contributed by atoms with Crippen molar-refractivity contribution in [3.63, 3.8) is 0 Å². The largest absolute Gasteiger partial charge is 0.508 e. The summed E-state index contributed by atoms with van der Waals surface area (Å²) in [6.45, 7) is 0.471. The van der Waals surface area contributed by atoms with E-state index < -0.39 is 12.4 Å². The summed E-state index contributed by atoms with van der Waals surface area (Å²) in [5.74, 6) is 0.931. The van der Waals surface area contributed by atoms with Gasteiger partial charge in [-0.1, -0.05) is 12.1 Å². The summed E-state index contributed by atoms with van der Waals surface area (Å²) in [6, 6.07) is 12.2.